The minimum atomic E-state index is -0.487. The van der Waals surface area contributed by atoms with Gasteiger partial charge in [-0.05, 0) is 61.8 Å². The van der Waals surface area contributed by atoms with Gasteiger partial charge in [-0.25, -0.2) is 0 Å². The van der Waals surface area contributed by atoms with Gasteiger partial charge in [0.05, 0.1) is 17.0 Å². The number of nitrogens with zero attached hydrogens (tertiary/aromatic N) is 3. The molecule has 0 fully saturated rings. The van der Waals surface area contributed by atoms with Gasteiger partial charge in [0.2, 0.25) is 5.76 Å². The Kier molecular flexibility index (Phi) is 5.43. The maximum absolute atomic E-state index is 13.5. The lowest BCUT2D eigenvalue weighted by atomic mass is 9.98. The molecule has 30 heavy (non-hydrogen) atoms. The Morgan fingerprint density at radius 1 is 1.13 bits per heavy atom. The van der Waals surface area contributed by atoms with Crippen LogP contribution >= 0.6 is 0 Å². The summed E-state index contributed by atoms with van der Waals surface area (Å²) in [6.45, 7) is 11.2. The Balaban J connectivity index is 1.89. The summed E-state index contributed by atoms with van der Waals surface area (Å²) in [5.41, 5.74) is 3.61. The van der Waals surface area contributed by atoms with Gasteiger partial charge in [0.1, 0.15) is 5.58 Å². The average Bonchev–Trinajstić information content (AvgIpc) is 3.03. The van der Waals surface area contributed by atoms with Gasteiger partial charge in [0, 0.05) is 25.5 Å². The molecular formula is C24H27N3O3. The molecule has 0 saturated heterocycles. The first-order valence-electron chi connectivity index (χ1n) is 10.5. The van der Waals surface area contributed by atoms with Gasteiger partial charge in [0.25, 0.3) is 5.91 Å². The number of aryl methyl sites for hydroxylation is 2. The second-order valence-corrected chi connectivity index (χ2v) is 7.82. The van der Waals surface area contributed by atoms with Gasteiger partial charge in [0.15, 0.2) is 5.43 Å². The summed E-state index contributed by atoms with van der Waals surface area (Å²) in [5.74, 6) is -0.0765. The van der Waals surface area contributed by atoms with Gasteiger partial charge in [-0.1, -0.05) is 19.9 Å². The largest absolute Gasteiger partial charge is 0.450 e. The Bertz CT molecular complexity index is 1150. The zero-order valence-electron chi connectivity index (χ0n) is 17.9. The summed E-state index contributed by atoms with van der Waals surface area (Å²) < 4.78 is 6.05. The Labute approximate surface area is 176 Å². The third-order valence-electron chi connectivity index (χ3n) is 6.13. The number of fused-ring (bicyclic) bond motifs is 2. The topological polar surface area (TPSA) is 66.7 Å². The average molecular weight is 405 g/mol. The molecule has 0 aliphatic carbocycles. The fraction of sp³-hybridized carbons (Fsp3) is 0.375. The van der Waals surface area contributed by atoms with Crippen molar-refractivity contribution >= 4 is 16.9 Å². The van der Waals surface area contributed by atoms with Crippen LogP contribution in [0.3, 0.4) is 0 Å². The summed E-state index contributed by atoms with van der Waals surface area (Å²) >= 11 is 0. The Morgan fingerprint density at radius 2 is 1.87 bits per heavy atom. The normalized spacial score (nSPS) is 16.0. The van der Waals surface area contributed by atoms with Crippen LogP contribution in [0.4, 0.5) is 0 Å². The maximum atomic E-state index is 13.5. The molecule has 0 radical (unpaired) electrons. The number of hydrogen-bond donors (Lipinski definition) is 0. The molecule has 4 rings (SSSR count). The van der Waals surface area contributed by atoms with Crippen molar-refractivity contribution in [3.8, 4) is 0 Å². The molecule has 1 amide bonds. The fourth-order valence-corrected chi connectivity index (χ4v) is 4.18. The van der Waals surface area contributed by atoms with Crippen molar-refractivity contribution in [3.63, 3.8) is 0 Å². The maximum Gasteiger partial charge on any atom is 0.290 e. The summed E-state index contributed by atoms with van der Waals surface area (Å²) in [4.78, 5) is 35.1. The number of carbonyl (C=O) groups is 1. The standard InChI is InChI=1S/C24H27N3O3/c1-5-26(6-2)10-11-27-21(17-8-7-9-25-14-17)20-22(28)18-12-15(3)16(4)13-19(18)30-23(20)24(27)29/h7-9,12-14,21H,5-6,10-11H2,1-4H3. The molecule has 6 nitrogen and oxygen atoms in total. The summed E-state index contributed by atoms with van der Waals surface area (Å²) in [5, 5.41) is 0.518. The van der Waals surface area contributed by atoms with Crippen molar-refractivity contribution in [2.75, 3.05) is 26.2 Å². The molecule has 0 N–H and O–H groups in total. The minimum absolute atomic E-state index is 0.137. The number of benzene rings is 1. The second-order valence-electron chi connectivity index (χ2n) is 7.82. The van der Waals surface area contributed by atoms with E-state index in [9.17, 15) is 9.59 Å². The van der Waals surface area contributed by atoms with Crippen LogP contribution in [-0.4, -0.2) is 46.9 Å². The number of rotatable bonds is 6. The third kappa shape index (κ3) is 3.31. The molecule has 1 aliphatic rings. The molecular weight excluding hydrogens is 378 g/mol. The van der Waals surface area contributed by atoms with Crippen molar-refractivity contribution < 1.29 is 9.21 Å². The molecule has 1 unspecified atom stereocenters. The van der Waals surface area contributed by atoms with E-state index in [0.717, 1.165) is 36.3 Å². The Hall–Kier alpha value is -2.99. The molecule has 6 heteroatoms. The van der Waals surface area contributed by atoms with E-state index in [-0.39, 0.29) is 17.1 Å². The van der Waals surface area contributed by atoms with E-state index in [2.05, 4.69) is 23.7 Å². The fourth-order valence-electron chi connectivity index (χ4n) is 4.18. The van der Waals surface area contributed by atoms with Gasteiger partial charge in [-0.15, -0.1) is 0 Å². The quantitative estimate of drug-likeness (QED) is 0.626. The van der Waals surface area contributed by atoms with Gasteiger partial charge in [-0.2, -0.15) is 0 Å². The molecule has 3 heterocycles. The van der Waals surface area contributed by atoms with Crippen LogP contribution in [0.1, 0.15) is 52.7 Å². The zero-order chi connectivity index (χ0) is 21.4. The van der Waals surface area contributed by atoms with Crippen LogP contribution < -0.4 is 5.43 Å². The lowest BCUT2D eigenvalue weighted by molar-refractivity contribution is 0.0708. The van der Waals surface area contributed by atoms with Crippen molar-refractivity contribution in [2.24, 2.45) is 0 Å². The number of amides is 1. The molecule has 1 atom stereocenters. The Morgan fingerprint density at radius 3 is 2.53 bits per heavy atom. The molecule has 1 aliphatic heterocycles. The molecule has 3 aromatic rings. The summed E-state index contributed by atoms with van der Waals surface area (Å²) in [7, 11) is 0. The first-order chi connectivity index (χ1) is 14.5. The van der Waals surface area contributed by atoms with Crippen LogP contribution in [0.2, 0.25) is 0 Å². The van der Waals surface area contributed by atoms with Crippen LogP contribution in [-0.2, 0) is 0 Å². The number of carbonyl (C=O) groups excluding carboxylic acids is 1. The van der Waals surface area contributed by atoms with Gasteiger partial charge < -0.3 is 14.2 Å². The highest BCUT2D eigenvalue weighted by Crippen LogP contribution is 2.37. The van der Waals surface area contributed by atoms with E-state index in [1.807, 2.05) is 38.1 Å². The molecule has 156 valence electrons. The van der Waals surface area contributed by atoms with Gasteiger partial charge in [-0.3, -0.25) is 14.6 Å². The second kappa shape index (κ2) is 8.03. The van der Waals surface area contributed by atoms with Crippen LogP contribution in [0, 0.1) is 13.8 Å². The van der Waals surface area contributed by atoms with E-state index >= 15 is 0 Å². The third-order valence-corrected chi connectivity index (χ3v) is 6.13. The van der Waals surface area contributed by atoms with E-state index in [1.54, 1.807) is 17.3 Å². The first-order valence-corrected chi connectivity index (χ1v) is 10.5. The smallest absolute Gasteiger partial charge is 0.290 e. The molecule has 1 aromatic carbocycles. The van der Waals surface area contributed by atoms with Crippen molar-refractivity contribution in [3.05, 3.63) is 74.9 Å². The lowest BCUT2D eigenvalue weighted by Gasteiger charge is -2.27. The molecule has 0 spiro atoms. The monoisotopic (exact) mass is 405 g/mol. The summed E-state index contributed by atoms with van der Waals surface area (Å²) in [6.07, 6.45) is 3.41. The van der Waals surface area contributed by atoms with Crippen molar-refractivity contribution in [1.29, 1.82) is 0 Å². The lowest BCUT2D eigenvalue weighted by Crippen LogP contribution is -2.37. The van der Waals surface area contributed by atoms with E-state index in [0.29, 0.717) is 23.1 Å². The number of likely N-dealkylation sites (N-methyl/N-ethyl adjacent to an activating group) is 1. The van der Waals surface area contributed by atoms with Crippen LogP contribution in [0.5, 0.6) is 0 Å². The minimum Gasteiger partial charge on any atom is -0.450 e. The van der Waals surface area contributed by atoms with Crippen LogP contribution in [0.15, 0.2) is 45.9 Å². The van der Waals surface area contributed by atoms with Crippen molar-refractivity contribution in [1.82, 2.24) is 14.8 Å². The van der Waals surface area contributed by atoms with E-state index < -0.39 is 6.04 Å². The first kappa shape index (κ1) is 20.3. The molecule has 0 bridgehead atoms. The highest BCUT2D eigenvalue weighted by Gasteiger charge is 2.42. The zero-order valence-corrected chi connectivity index (χ0v) is 17.9. The van der Waals surface area contributed by atoms with Crippen LogP contribution in [0.25, 0.3) is 11.0 Å². The van der Waals surface area contributed by atoms with E-state index in [4.69, 9.17) is 4.42 Å². The number of pyridine rings is 1. The predicted molar refractivity (Wildman–Crippen MR) is 117 cm³/mol. The molecule has 2 aromatic heterocycles. The predicted octanol–water partition coefficient (Wildman–Crippen LogP) is 3.69. The highest BCUT2D eigenvalue weighted by molar-refractivity contribution is 5.99. The SMILES string of the molecule is CCN(CC)CCN1C(=O)c2oc3cc(C)c(C)cc3c(=O)c2C1c1cccnc1. The number of hydrogen-bond acceptors (Lipinski definition) is 5. The van der Waals surface area contributed by atoms with Crippen molar-refractivity contribution in [2.45, 2.75) is 33.7 Å². The number of aromatic nitrogens is 1. The summed E-state index contributed by atoms with van der Waals surface area (Å²) in [6, 6.07) is 6.96. The van der Waals surface area contributed by atoms with E-state index in [1.165, 1.54) is 0 Å². The van der Waals surface area contributed by atoms with Gasteiger partial charge >= 0.3 is 0 Å². The highest BCUT2D eigenvalue weighted by atomic mass is 16.3. The molecule has 0 saturated carbocycles.